The molecular weight excluding hydrogens is 420 g/mol. The number of pyridine rings is 1. The topological polar surface area (TPSA) is 106 Å². The third-order valence-electron chi connectivity index (χ3n) is 5.37. The minimum Gasteiger partial charge on any atom is -0.377 e. The fraction of sp³-hybridized carbons (Fsp3) is 0.440. The quantitative estimate of drug-likeness (QED) is 0.518. The van der Waals surface area contributed by atoms with Gasteiger partial charge in [0.2, 0.25) is 0 Å². The number of nitrogens with one attached hydrogen (secondary N) is 2. The number of hydrogen-bond acceptors (Lipinski definition) is 5. The summed E-state index contributed by atoms with van der Waals surface area (Å²) < 4.78 is 6.97. The van der Waals surface area contributed by atoms with Gasteiger partial charge in [0.05, 0.1) is 17.6 Å². The van der Waals surface area contributed by atoms with Gasteiger partial charge in [-0.1, -0.05) is 52.0 Å². The Balaban J connectivity index is 2.06. The molecule has 2 heterocycles. The number of rotatable bonds is 9. The smallest absolute Gasteiger partial charge is 0.330 e. The molecule has 0 aliphatic heterocycles. The van der Waals surface area contributed by atoms with Crippen LogP contribution in [-0.4, -0.2) is 27.0 Å². The van der Waals surface area contributed by atoms with Crippen molar-refractivity contribution in [2.45, 2.75) is 60.2 Å². The maximum absolute atomic E-state index is 13.3. The number of carbonyl (C=O) groups excluding carboxylic acids is 1. The van der Waals surface area contributed by atoms with E-state index in [1.165, 1.54) is 4.57 Å². The Bertz CT molecular complexity index is 1260. The molecule has 0 radical (unpaired) electrons. The van der Waals surface area contributed by atoms with Crippen LogP contribution in [0.2, 0.25) is 0 Å². The van der Waals surface area contributed by atoms with Crippen molar-refractivity contribution in [2.24, 2.45) is 5.92 Å². The van der Waals surface area contributed by atoms with Gasteiger partial charge in [-0.05, 0) is 36.0 Å². The first kappa shape index (κ1) is 24.4. The van der Waals surface area contributed by atoms with Crippen molar-refractivity contribution in [2.75, 3.05) is 6.61 Å². The molecule has 33 heavy (non-hydrogen) atoms. The molecule has 0 unspecified atom stereocenters. The van der Waals surface area contributed by atoms with Crippen molar-refractivity contribution in [3.8, 4) is 0 Å². The maximum Gasteiger partial charge on any atom is 0.330 e. The van der Waals surface area contributed by atoms with Gasteiger partial charge in [0.25, 0.3) is 11.5 Å². The number of amides is 1. The number of aromatic nitrogens is 3. The predicted octanol–water partition coefficient (Wildman–Crippen LogP) is 3.33. The molecule has 0 atom stereocenters. The highest BCUT2D eigenvalue weighted by atomic mass is 16.5. The molecule has 176 valence electrons. The van der Waals surface area contributed by atoms with Crippen molar-refractivity contribution in [1.29, 1.82) is 0 Å². The lowest BCUT2D eigenvalue weighted by Crippen LogP contribution is -2.34. The summed E-state index contributed by atoms with van der Waals surface area (Å²) in [6.07, 6.45) is 0. The van der Waals surface area contributed by atoms with Gasteiger partial charge in [0, 0.05) is 25.4 Å². The summed E-state index contributed by atoms with van der Waals surface area (Å²) in [5.41, 5.74) is 1.89. The summed E-state index contributed by atoms with van der Waals surface area (Å²) in [6.45, 7) is 11.5. The number of ether oxygens (including phenoxy) is 1. The van der Waals surface area contributed by atoms with Crippen molar-refractivity contribution in [1.82, 2.24) is 19.9 Å². The van der Waals surface area contributed by atoms with Gasteiger partial charge < -0.3 is 10.1 Å². The number of H-pyrrole nitrogens is 1. The van der Waals surface area contributed by atoms with E-state index in [-0.39, 0.29) is 35.0 Å². The Labute approximate surface area is 193 Å². The van der Waals surface area contributed by atoms with Crippen molar-refractivity contribution >= 4 is 16.9 Å². The minimum atomic E-state index is -0.611. The number of nitrogens with zero attached hydrogens (tertiary/aromatic N) is 2. The Morgan fingerprint density at radius 1 is 1.15 bits per heavy atom. The molecule has 0 fully saturated rings. The van der Waals surface area contributed by atoms with Crippen LogP contribution >= 0.6 is 0 Å². The highest BCUT2D eigenvalue weighted by Crippen LogP contribution is 2.20. The zero-order valence-electron chi connectivity index (χ0n) is 19.9. The number of carbonyl (C=O) groups is 1. The third kappa shape index (κ3) is 5.57. The van der Waals surface area contributed by atoms with Crippen LogP contribution in [0.3, 0.4) is 0 Å². The van der Waals surface area contributed by atoms with Gasteiger partial charge in [-0.15, -0.1) is 0 Å². The van der Waals surface area contributed by atoms with Crippen LogP contribution in [0.4, 0.5) is 0 Å². The number of hydrogen-bond donors (Lipinski definition) is 2. The van der Waals surface area contributed by atoms with Crippen molar-refractivity contribution < 1.29 is 9.53 Å². The monoisotopic (exact) mass is 452 g/mol. The molecule has 0 bridgehead atoms. The average molecular weight is 453 g/mol. The van der Waals surface area contributed by atoms with Crippen LogP contribution in [0.5, 0.6) is 0 Å². The van der Waals surface area contributed by atoms with E-state index in [1.807, 2.05) is 58.9 Å². The first-order valence-electron chi connectivity index (χ1n) is 11.3. The molecule has 0 saturated carbocycles. The molecule has 8 heteroatoms. The summed E-state index contributed by atoms with van der Waals surface area (Å²) in [5.74, 6) is -0.231. The third-order valence-corrected chi connectivity index (χ3v) is 5.37. The normalized spacial score (nSPS) is 11.5. The Morgan fingerprint density at radius 3 is 2.48 bits per heavy atom. The van der Waals surface area contributed by atoms with Gasteiger partial charge in [-0.3, -0.25) is 19.1 Å². The molecule has 1 amide bonds. The highest BCUT2D eigenvalue weighted by Gasteiger charge is 2.21. The van der Waals surface area contributed by atoms with Crippen molar-refractivity contribution in [3.05, 3.63) is 73.6 Å². The van der Waals surface area contributed by atoms with Gasteiger partial charge in [-0.2, -0.15) is 0 Å². The minimum absolute atomic E-state index is 0.00904. The van der Waals surface area contributed by atoms with E-state index in [2.05, 4.69) is 15.3 Å². The second-order valence-corrected chi connectivity index (χ2v) is 8.80. The molecule has 8 nitrogen and oxygen atoms in total. The summed E-state index contributed by atoms with van der Waals surface area (Å²) in [6, 6.07) is 9.38. The Morgan fingerprint density at radius 2 is 1.85 bits per heavy atom. The molecule has 0 saturated heterocycles. The lowest BCUT2D eigenvalue weighted by molar-refractivity contribution is 0.0951. The molecule has 0 spiro atoms. The van der Waals surface area contributed by atoms with Crippen LogP contribution < -0.4 is 16.6 Å². The van der Waals surface area contributed by atoms with Crippen LogP contribution in [0, 0.1) is 5.92 Å². The molecule has 3 aromatic rings. The molecular formula is C25H32N4O4. The summed E-state index contributed by atoms with van der Waals surface area (Å²) in [5, 5.41) is 3.05. The molecule has 3 rings (SSSR count). The number of aromatic amines is 1. The highest BCUT2D eigenvalue weighted by molar-refractivity contribution is 6.05. The van der Waals surface area contributed by atoms with Gasteiger partial charge in [0.1, 0.15) is 0 Å². The Hall–Kier alpha value is -3.26. The largest absolute Gasteiger partial charge is 0.377 e. The van der Waals surface area contributed by atoms with E-state index < -0.39 is 17.2 Å². The van der Waals surface area contributed by atoms with Gasteiger partial charge in [0.15, 0.2) is 5.65 Å². The predicted molar refractivity (Wildman–Crippen MR) is 128 cm³/mol. The SMILES string of the molecule is CCOCc1ccccc1CNC(=O)c1cc(C(C)C)nc2c1c(=O)[nH]c(=O)n2CC(C)C. The van der Waals surface area contributed by atoms with Crippen LogP contribution in [0.15, 0.2) is 39.9 Å². The van der Waals surface area contributed by atoms with Crippen LogP contribution in [0.1, 0.15) is 67.7 Å². The zero-order chi connectivity index (χ0) is 24.1. The van der Waals surface area contributed by atoms with Crippen LogP contribution in [-0.2, 0) is 24.4 Å². The number of benzene rings is 1. The van der Waals surface area contributed by atoms with E-state index in [9.17, 15) is 14.4 Å². The maximum atomic E-state index is 13.3. The van der Waals surface area contributed by atoms with E-state index in [4.69, 9.17) is 4.74 Å². The number of fused-ring (bicyclic) bond motifs is 1. The van der Waals surface area contributed by atoms with E-state index in [0.717, 1.165) is 11.1 Å². The molecule has 2 aromatic heterocycles. The first-order chi connectivity index (χ1) is 15.7. The average Bonchev–Trinajstić information content (AvgIpc) is 2.78. The second kappa shape index (κ2) is 10.6. The summed E-state index contributed by atoms with van der Waals surface area (Å²) in [7, 11) is 0. The summed E-state index contributed by atoms with van der Waals surface area (Å²) in [4.78, 5) is 45.6. The second-order valence-electron chi connectivity index (χ2n) is 8.80. The van der Waals surface area contributed by atoms with Crippen LogP contribution in [0.25, 0.3) is 11.0 Å². The Kier molecular flexibility index (Phi) is 7.81. The molecule has 0 aliphatic rings. The molecule has 0 aliphatic carbocycles. The first-order valence-corrected chi connectivity index (χ1v) is 11.3. The standard InChI is InChI=1S/C25H32N4O4/c1-6-33-14-18-10-8-7-9-17(18)12-26-23(30)19-11-20(16(4)5)27-22-21(19)24(31)28-25(32)29(22)13-15(2)3/h7-11,15-16H,6,12-14H2,1-5H3,(H,26,30)(H,28,31,32). The fourth-order valence-electron chi connectivity index (χ4n) is 3.66. The van der Waals surface area contributed by atoms with Gasteiger partial charge >= 0.3 is 5.69 Å². The van der Waals surface area contributed by atoms with E-state index in [1.54, 1.807) is 6.07 Å². The molecule has 1 aromatic carbocycles. The van der Waals surface area contributed by atoms with E-state index in [0.29, 0.717) is 25.5 Å². The molecule has 2 N–H and O–H groups in total. The summed E-state index contributed by atoms with van der Waals surface area (Å²) >= 11 is 0. The zero-order valence-corrected chi connectivity index (χ0v) is 19.9. The lowest BCUT2D eigenvalue weighted by Gasteiger charge is -2.16. The van der Waals surface area contributed by atoms with E-state index >= 15 is 0 Å². The van der Waals surface area contributed by atoms with Gasteiger partial charge in [-0.25, -0.2) is 9.78 Å². The fourth-order valence-corrected chi connectivity index (χ4v) is 3.66. The lowest BCUT2D eigenvalue weighted by atomic mass is 10.0. The van der Waals surface area contributed by atoms with Crippen molar-refractivity contribution in [3.63, 3.8) is 0 Å².